The van der Waals surface area contributed by atoms with Gasteiger partial charge in [-0.2, -0.15) is 0 Å². The Bertz CT molecular complexity index is 1170. The van der Waals surface area contributed by atoms with Crippen LogP contribution in [0, 0.1) is 26.7 Å². The zero-order valence-corrected chi connectivity index (χ0v) is 20.3. The van der Waals surface area contributed by atoms with E-state index in [-0.39, 0.29) is 17.7 Å². The monoisotopic (exact) mass is 455 g/mol. The van der Waals surface area contributed by atoms with Gasteiger partial charge >= 0.3 is 0 Å². The minimum absolute atomic E-state index is 0.00304. The molecule has 1 aliphatic heterocycles. The molecule has 0 radical (unpaired) electrons. The number of aryl methyl sites for hydroxylation is 2. The zero-order chi connectivity index (χ0) is 24.1. The molecule has 34 heavy (non-hydrogen) atoms. The Morgan fingerprint density at radius 1 is 0.971 bits per heavy atom. The standard InChI is InChI=1S/C29H33N3O2/c1-21-9-12-27(13-10-21)32-22(2)19-26(23(32)3)11-14-28(33)31-17-15-25(16-18-31)29(34)30-20-24-7-5-4-6-8-24/h4-14,19,25H,15-18,20H2,1-3H3,(H,30,34)/b14-11+. The lowest BCUT2D eigenvalue weighted by Gasteiger charge is -2.30. The summed E-state index contributed by atoms with van der Waals surface area (Å²) in [5.41, 5.74) is 6.74. The van der Waals surface area contributed by atoms with Crippen LogP contribution in [-0.2, 0) is 16.1 Å². The number of aromatic nitrogens is 1. The van der Waals surface area contributed by atoms with Crippen molar-refractivity contribution < 1.29 is 9.59 Å². The van der Waals surface area contributed by atoms with Crippen molar-refractivity contribution in [1.29, 1.82) is 0 Å². The van der Waals surface area contributed by atoms with E-state index >= 15 is 0 Å². The molecule has 1 aliphatic rings. The van der Waals surface area contributed by atoms with Crippen LogP contribution >= 0.6 is 0 Å². The SMILES string of the molecule is Cc1ccc(-n2c(C)cc(/C=C/C(=O)N3CCC(C(=O)NCc4ccccc4)CC3)c2C)cc1. The van der Waals surface area contributed by atoms with Gasteiger partial charge in [0, 0.05) is 48.7 Å². The second-order valence-corrected chi connectivity index (χ2v) is 9.13. The number of benzene rings is 2. The Morgan fingerprint density at radius 3 is 2.32 bits per heavy atom. The minimum atomic E-state index is -0.0369. The molecule has 1 N–H and O–H groups in total. The van der Waals surface area contributed by atoms with Crippen molar-refractivity contribution in [3.63, 3.8) is 0 Å². The number of nitrogens with zero attached hydrogens (tertiary/aromatic N) is 2. The fraction of sp³-hybridized carbons (Fsp3) is 0.310. The maximum absolute atomic E-state index is 12.8. The largest absolute Gasteiger partial charge is 0.352 e. The summed E-state index contributed by atoms with van der Waals surface area (Å²) < 4.78 is 2.21. The third-order valence-electron chi connectivity index (χ3n) is 6.65. The average molecular weight is 456 g/mol. The highest BCUT2D eigenvalue weighted by Crippen LogP contribution is 2.23. The molecule has 0 saturated carbocycles. The second-order valence-electron chi connectivity index (χ2n) is 9.13. The van der Waals surface area contributed by atoms with Gasteiger partial charge < -0.3 is 14.8 Å². The van der Waals surface area contributed by atoms with Crippen LogP contribution in [0.2, 0.25) is 0 Å². The van der Waals surface area contributed by atoms with E-state index in [0.717, 1.165) is 28.2 Å². The molecule has 0 aliphatic carbocycles. The molecule has 0 unspecified atom stereocenters. The Hall–Kier alpha value is -3.60. The van der Waals surface area contributed by atoms with Gasteiger partial charge in [0.15, 0.2) is 0 Å². The minimum Gasteiger partial charge on any atom is -0.352 e. The number of hydrogen-bond donors (Lipinski definition) is 1. The zero-order valence-electron chi connectivity index (χ0n) is 20.3. The predicted octanol–water partition coefficient (Wildman–Crippen LogP) is 4.97. The lowest BCUT2D eigenvalue weighted by Crippen LogP contribution is -2.42. The highest BCUT2D eigenvalue weighted by molar-refractivity contribution is 5.92. The summed E-state index contributed by atoms with van der Waals surface area (Å²) >= 11 is 0. The normalized spacial score (nSPS) is 14.5. The molecule has 0 atom stereocenters. The van der Waals surface area contributed by atoms with Gasteiger partial charge in [0.05, 0.1) is 0 Å². The maximum atomic E-state index is 12.8. The molecule has 1 saturated heterocycles. The van der Waals surface area contributed by atoms with Crippen molar-refractivity contribution in [3.05, 3.63) is 94.8 Å². The topological polar surface area (TPSA) is 54.3 Å². The van der Waals surface area contributed by atoms with Crippen molar-refractivity contribution in [2.24, 2.45) is 5.92 Å². The van der Waals surface area contributed by atoms with E-state index in [1.807, 2.05) is 41.3 Å². The Morgan fingerprint density at radius 2 is 1.65 bits per heavy atom. The molecule has 2 amide bonds. The van der Waals surface area contributed by atoms with E-state index in [9.17, 15) is 9.59 Å². The molecule has 3 aromatic rings. The molecule has 176 valence electrons. The third kappa shape index (κ3) is 5.48. The van der Waals surface area contributed by atoms with E-state index in [1.54, 1.807) is 6.08 Å². The second kappa shape index (κ2) is 10.6. The van der Waals surface area contributed by atoms with Crippen LogP contribution in [0.15, 0.2) is 66.7 Å². The van der Waals surface area contributed by atoms with Crippen LogP contribution in [-0.4, -0.2) is 34.4 Å². The van der Waals surface area contributed by atoms with Gasteiger partial charge in [-0.25, -0.2) is 0 Å². The number of amides is 2. The van der Waals surface area contributed by atoms with Crippen molar-refractivity contribution in [2.45, 2.75) is 40.2 Å². The van der Waals surface area contributed by atoms with Gasteiger partial charge in [-0.05, 0) is 69.0 Å². The van der Waals surface area contributed by atoms with E-state index < -0.39 is 0 Å². The van der Waals surface area contributed by atoms with Gasteiger partial charge in [-0.15, -0.1) is 0 Å². The first-order valence-corrected chi connectivity index (χ1v) is 12.0. The summed E-state index contributed by atoms with van der Waals surface area (Å²) in [7, 11) is 0. The summed E-state index contributed by atoms with van der Waals surface area (Å²) in [6.07, 6.45) is 4.97. The number of piperidine rings is 1. The molecular formula is C29H33N3O2. The van der Waals surface area contributed by atoms with Gasteiger partial charge in [0.25, 0.3) is 0 Å². The Balaban J connectivity index is 1.32. The van der Waals surface area contributed by atoms with Crippen LogP contribution in [0.1, 0.15) is 40.9 Å². The average Bonchev–Trinajstić information content (AvgIpc) is 3.15. The molecular weight excluding hydrogens is 422 g/mol. The highest BCUT2D eigenvalue weighted by Gasteiger charge is 2.26. The quantitative estimate of drug-likeness (QED) is 0.534. The number of nitrogens with one attached hydrogen (secondary N) is 1. The molecule has 5 nitrogen and oxygen atoms in total. The van der Waals surface area contributed by atoms with Crippen molar-refractivity contribution in [3.8, 4) is 5.69 Å². The van der Waals surface area contributed by atoms with Crippen molar-refractivity contribution in [1.82, 2.24) is 14.8 Å². The molecule has 4 rings (SSSR count). The summed E-state index contributed by atoms with van der Waals surface area (Å²) in [4.78, 5) is 27.2. The first kappa shape index (κ1) is 23.6. The van der Waals surface area contributed by atoms with Gasteiger partial charge in [0.1, 0.15) is 0 Å². The number of hydrogen-bond acceptors (Lipinski definition) is 2. The lowest BCUT2D eigenvalue weighted by atomic mass is 9.95. The number of likely N-dealkylation sites (tertiary alicyclic amines) is 1. The first-order chi connectivity index (χ1) is 16.4. The Labute approximate surface area is 202 Å². The lowest BCUT2D eigenvalue weighted by molar-refractivity contribution is -0.132. The van der Waals surface area contributed by atoms with E-state index in [4.69, 9.17) is 0 Å². The van der Waals surface area contributed by atoms with E-state index in [1.165, 1.54) is 5.56 Å². The van der Waals surface area contributed by atoms with Crippen molar-refractivity contribution >= 4 is 17.9 Å². The number of carbonyl (C=O) groups excluding carboxylic acids is 2. The van der Waals surface area contributed by atoms with Crippen LogP contribution in [0.5, 0.6) is 0 Å². The van der Waals surface area contributed by atoms with Gasteiger partial charge in [0.2, 0.25) is 11.8 Å². The fourth-order valence-electron chi connectivity index (χ4n) is 4.61. The van der Waals surface area contributed by atoms with Crippen LogP contribution < -0.4 is 5.32 Å². The number of carbonyl (C=O) groups is 2. The molecule has 2 heterocycles. The maximum Gasteiger partial charge on any atom is 0.246 e. The predicted molar refractivity (Wildman–Crippen MR) is 137 cm³/mol. The summed E-state index contributed by atoms with van der Waals surface area (Å²) in [6.45, 7) is 8.00. The smallest absolute Gasteiger partial charge is 0.246 e. The van der Waals surface area contributed by atoms with Crippen LogP contribution in [0.25, 0.3) is 11.8 Å². The van der Waals surface area contributed by atoms with Gasteiger partial charge in [-0.3, -0.25) is 9.59 Å². The molecule has 1 aromatic heterocycles. The summed E-state index contributed by atoms with van der Waals surface area (Å²) in [5.74, 6) is 0.0449. The van der Waals surface area contributed by atoms with Crippen LogP contribution in [0.3, 0.4) is 0 Å². The molecule has 5 heteroatoms. The third-order valence-corrected chi connectivity index (χ3v) is 6.65. The molecule has 1 fully saturated rings. The molecule has 2 aromatic carbocycles. The highest BCUT2D eigenvalue weighted by atomic mass is 16.2. The molecule has 0 spiro atoms. The van der Waals surface area contributed by atoms with Crippen LogP contribution in [0.4, 0.5) is 0 Å². The van der Waals surface area contributed by atoms with Gasteiger partial charge in [-0.1, -0.05) is 48.0 Å². The Kier molecular flexibility index (Phi) is 7.31. The van der Waals surface area contributed by atoms with E-state index in [2.05, 4.69) is 61.0 Å². The summed E-state index contributed by atoms with van der Waals surface area (Å²) in [5, 5.41) is 3.03. The first-order valence-electron chi connectivity index (χ1n) is 12.0. The number of rotatable bonds is 6. The van der Waals surface area contributed by atoms with Crippen molar-refractivity contribution in [2.75, 3.05) is 13.1 Å². The molecule has 0 bridgehead atoms. The van der Waals surface area contributed by atoms with E-state index in [0.29, 0.717) is 32.5 Å². The fourth-order valence-corrected chi connectivity index (χ4v) is 4.61. The summed E-state index contributed by atoms with van der Waals surface area (Å²) in [6, 6.07) is 20.5.